The van der Waals surface area contributed by atoms with E-state index in [9.17, 15) is 14.7 Å². The van der Waals surface area contributed by atoms with E-state index in [-0.39, 0.29) is 6.54 Å². The maximum absolute atomic E-state index is 11.4. The van der Waals surface area contributed by atoms with Gasteiger partial charge in [-0.2, -0.15) is 0 Å². The van der Waals surface area contributed by atoms with Crippen molar-refractivity contribution in [2.24, 2.45) is 0 Å². The molecule has 1 aromatic rings. The molecule has 1 heterocycles. The van der Waals surface area contributed by atoms with Gasteiger partial charge in [0, 0.05) is 5.38 Å². The smallest absolute Gasteiger partial charge is 0.407 e. The second kappa shape index (κ2) is 6.53. The van der Waals surface area contributed by atoms with Crippen molar-refractivity contribution < 1.29 is 24.2 Å². The number of carbonyl (C=O) groups is 2. The number of aliphatic hydroxyl groups is 1. The van der Waals surface area contributed by atoms with Gasteiger partial charge >= 0.3 is 12.1 Å². The first-order valence-electron chi connectivity index (χ1n) is 5.67. The van der Waals surface area contributed by atoms with E-state index in [0.29, 0.717) is 5.75 Å². The van der Waals surface area contributed by atoms with Gasteiger partial charge in [-0.15, -0.1) is 11.3 Å². The molecular weight excluding hydrogens is 270 g/mol. The van der Waals surface area contributed by atoms with Crippen molar-refractivity contribution >= 4 is 23.4 Å². The molecule has 1 amide bonds. The molecule has 1 atom stereocenters. The molecule has 0 aliphatic heterocycles. The summed E-state index contributed by atoms with van der Waals surface area (Å²) in [6, 6.07) is 1.61. The van der Waals surface area contributed by atoms with E-state index in [0.717, 1.165) is 0 Å². The van der Waals surface area contributed by atoms with Crippen molar-refractivity contribution in [3.8, 4) is 5.75 Å². The Morgan fingerprint density at radius 2 is 2.16 bits per heavy atom. The largest absolute Gasteiger partial charge is 0.444 e. The maximum atomic E-state index is 11.4. The molecule has 0 unspecified atom stereocenters. The Morgan fingerprint density at radius 1 is 1.47 bits per heavy atom. The number of carbonyl (C=O) groups excluding carboxylic acids is 2. The Bertz CT molecular complexity index is 424. The maximum Gasteiger partial charge on any atom is 0.407 e. The molecule has 0 saturated carbocycles. The van der Waals surface area contributed by atoms with Gasteiger partial charge < -0.3 is 19.9 Å². The van der Waals surface area contributed by atoms with E-state index < -0.39 is 23.8 Å². The van der Waals surface area contributed by atoms with E-state index in [1.54, 1.807) is 37.6 Å². The second-order valence-corrected chi connectivity index (χ2v) is 5.56. The standard InChI is InChI=1S/C12H17NO5S/c1-12(2,3)18-11(16)13-6-9(14)10(15)17-8-4-5-19-7-8/h4-5,7,9,14H,6H2,1-3H3,(H,13,16)/t9-/m1/s1. The number of hydrogen-bond acceptors (Lipinski definition) is 6. The summed E-state index contributed by atoms with van der Waals surface area (Å²) in [5.74, 6) is -0.458. The van der Waals surface area contributed by atoms with Crippen LogP contribution in [0.25, 0.3) is 0 Å². The Labute approximate surface area is 115 Å². The molecule has 0 radical (unpaired) electrons. The minimum Gasteiger partial charge on any atom is -0.444 e. The van der Waals surface area contributed by atoms with E-state index in [4.69, 9.17) is 9.47 Å². The summed E-state index contributed by atoms with van der Waals surface area (Å²) in [6.07, 6.45) is -2.14. The summed E-state index contributed by atoms with van der Waals surface area (Å²) < 4.78 is 9.84. The predicted molar refractivity (Wildman–Crippen MR) is 70.2 cm³/mol. The third-order valence-corrected chi connectivity index (χ3v) is 2.49. The van der Waals surface area contributed by atoms with E-state index in [2.05, 4.69) is 5.32 Å². The Kier molecular flexibility index (Phi) is 5.31. The zero-order valence-corrected chi connectivity index (χ0v) is 11.8. The first-order chi connectivity index (χ1) is 8.78. The summed E-state index contributed by atoms with van der Waals surface area (Å²) in [7, 11) is 0. The lowest BCUT2D eigenvalue weighted by molar-refractivity contribution is -0.143. The zero-order chi connectivity index (χ0) is 14.5. The van der Waals surface area contributed by atoms with Crippen molar-refractivity contribution in [2.75, 3.05) is 6.54 Å². The molecule has 0 aromatic carbocycles. The van der Waals surface area contributed by atoms with Crippen LogP contribution in [0.4, 0.5) is 4.79 Å². The molecule has 19 heavy (non-hydrogen) atoms. The van der Waals surface area contributed by atoms with Crippen LogP contribution in [0, 0.1) is 0 Å². The molecule has 6 nitrogen and oxygen atoms in total. The summed E-state index contributed by atoms with van der Waals surface area (Å²) in [6.45, 7) is 4.88. The molecule has 0 saturated heterocycles. The fourth-order valence-electron chi connectivity index (χ4n) is 1.07. The Hall–Kier alpha value is -1.60. The first kappa shape index (κ1) is 15.5. The van der Waals surface area contributed by atoms with Crippen molar-refractivity contribution in [3.05, 3.63) is 16.8 Å². The first-order valence-corrected chi connectivity index (χ1v) is 6.61. The van der Waals surface area contributed by atoms with Crippen LogP contribution in [-0.2, 0) is 9.53 Å². The van der Waals surface area contributed by atoms with Gasteiger partial charge in [-0.25, -0.2) is 9.59 Å². The number of hydrogen-bond donors (Lipinski definition) is 2. The van der Waals surface area contributed by atoms with Gasteiger partial charge in [-0.05, 0) is 32.2 Å². The molecular formula is C12H17NO5S. The van der Waals surface area contributed by atoms with E-state index in [1.807, 2.05) is 0 Å². The van der Waals surface area contributed by atoms with Crippen LogP contribution >= 0.6 is 11.3 Å². The lowest BCUT2D eigenvalue weighted by Gasteiger charge is -2.20. The molecule has 1 rings (SSSR count). The normalized spacial score (nSPS) is 12.6. The molecule has 0 aliphatic rings. The fraction of sp³-hybridized carbons (Fsp3) is 0.500. The average Bonchev–Trinajstić information content (AvgIpc) is 2.76. The highest BCUT2D eigenvalue weighted by Crippen LogP contribution is 2.15. The third kappa shape index (κ3) is 6.21. The van der Waals surface area contributed by atoms with Crippen molar-refractivity contribution in [2.45, 2.75) is 32.5 Å². The molecule has 2 N–H and O–H groups in total. The predicted octanol–water partition coefficient (Wildman–Crippen LogP) is 1.54. The van der Waals surface area contributed by atoms with Crippen molar-refractivity contribution in [3.63, 3.8) is 0 Å². The monoisotopic (exact) mass is 287 g/mol. The zero-order valence-electron chi connectivity index (χ0n) is 11.0. The van der Waals surface area contributed by atoms with Gasteiger partial charge in [0.25, 0.3) is 0 Å². The van der Waals surface area contributed by atoms with Crippen LogP contribution < -0.4 is 10.1 Å². The minimum absolute atomic E-state index is 0.266. The highest BCUT2D eigenvalue weighted by Gasteiger charge is 2.21. The number of ether oxygens (including phenoxy) is 2. The Morgan fingerprint density at radius 3 is 2.68 bits per heavy atom. The van der Waals surface area contributed by atoms with Gasteiger partial charge in [0.05, 0.1) is 6.54 Å². The molecule has 0 spiro atoms. The van der Waals surface area contributed by atoms with Crippen LogP contribution in [0.3, 0.4) is 0 Å². The summed E-state index contributed by atoms with van der Waals surface area (Å²) in [5, 5.41) is 15.2. The van der Waals surface area contributed by atoms with Gasteiger partial charge in [0.2, 0.25) is 0 Å². The lowest BCUT2D eigenvalue weighted by atomic mass is 10.2. The SMILES string of the molecule is CC(C)(C)OC(=O)NC[C@@H](O)C(=O)Oc1ccsc1. The van der Waals surface area contributed by atoms with Crippen LogP contribution in [0.5, 0.6) is 5.75 Å². The van der Waals surface area contributed by atoms with Gasteiger partial charge in [0.15, 0.2) is 6.10 Å². The van der Waals surface area contributed by atoms with Crippen molar-refractivity contribution in [1.29, 1.82) is 0 Å². The summed E-state index contributed by atoms with van der Waals surface area (Å²) >= 11 is 1.37. The number of nitrogens with one attached hydrogen (secondary N) is 1. The van der Waals surface area contributed by atoms with Gasteiger partial charge in [-0.1, -0.05) is 0 Å². The molecule has 0 fully saturated rings. The average molecular weight is 287 g/mol. The van der Waals surface area contributed by atoms with Gasteiger partial charge in [-0.3, -0.25) is 0 Å². The Balaban J connectivity index is 2.32. The quantitative estimate of drug-likeness (QED) is 0.821. The third-order valence-electron chi connectivity index (χ3n) is 1.82. The molecule has 0 bridgehead atoms. The molecule has 106 valence electrons. The summed E-state index contributed by atoms with van der Waals surface area (Å²) in [5.41, 5.74) is -0.633. The number of alkyl carbamates (subject to hydrolysis) is 1. The van der Waals surface area contributed by atoms with Crippen molar-refractivity contribution in [1.82, 2.24) is 5.32 Å². The van der Waals surface area contributed by atoms with Crippen LogP contribution in [0.1, 0.15) is 20.8 Å². The van der Waals surface area contributed by atoms with Crippen LogP contribution in [0.15, 0.2) is 16.8 Å². The van der Waals surface area contributed by atoms with E-state index in [1.165, 1.54) is 11.3 Å². The summed E-state index contributed by atoms with van der Waals surface area (Å²) in [4.78, 5) is 22.8. The second-order valence-electron chi connectivity index (χ2n) is 4.78. The number of aliphatic hydroxyl groups excluding tert-OH is 1. The number of rotatable bonds is 4. The van der Waals surface area contributed by atoms with E-state index >= 15 is 0 Å². The molecule has 0 aliphatic carbocycles. The van der Waals surface area contributed by atoms with Crippen LogP contribution in [-0.4, -0.2) is 35.4 Å². The topological polar surface area (TPSA) is 84.9 Å². The minimum atomic E-state index is -1.44. The highest BCUT2D eigenvalue weighted by molar-refractivity contribution is 7.08. The fourth-order valence-corrected chi connectivity index (χ4v) is 1.62. The van der Waals surface area contributed by atoms with Crippen LogP contribution in [0.2, 0.25) is 0 Å². The highest BCUT2D eigenvalue weighted by atomic mass is 32.1. The number of thiophene rings is 1. The number of esters is 1. The number of amides is 1. The van der Waals surface area contributed by atoms with Gasteiger partial charge in [0.1, 0.15) is 11.4 Å². The molecule has 1 aromatic heterocycles. The lowest BCUT2D eigenvalue weighted by Crippen LogP contribution is -2.41. The molecule has 7 heteroatoms.